The van der Waals surface area contributed by atoms with Crippen LogP contribution in [0.25, 0.3) is 5.69 Å². The molecule has 5 aromatic rings. The molecule has 1 aromatic heterocycles. The van der Waals surface area contributed by atoms with Crippen molar-refractivity contribution in [2.45, 2.75) is 46.1 Å². The number of hydrogen-bond acceptors (Lipinski definition) is 6. The molecular weight excluding hydrogens is 544 g/mol. The molecule has 7 rings (SSSR count). The Morgan fingerprint density at radius 1 is 0.818 bits per heavy atom. The van der Waals surface area contributed by atoms with E-state index in [9.17, 15) is 0 Å². The van der Waals surface area contributed by atoms with Crippen molar-refractivity contribution in [1.29, 1.82) is 0 Å². The van der Waals surface area contributed by atoms with Crippen LogP contribution in [0.3, 0.4) is 0 Å². The van der Waals surface area contributed by atoms with E-state index in [1.807, 2.05) is 48.0 Å². The fourth-order valence-electron chi connectivity index (χ4n) is 6.05. The smallest absolute Gasteiger partial charge is 0.179 e. The number of aliphatic imine (C=N–C) groups is 2. The zero-order valence-electron chi connectivity index (χ0n) is 25.4. The first kappa shape index (κ1) is 27.7. The van der Waals surface area contributed by atoms with Crippen LogP contribution in [0.5, 0.6) is 5.75 Å². The van der Waals surface area contributed by atoms with Crippen LogP contribution in [-0.2, 0) is 6.42 Å². The maximum Gasteiger partial charge on any atom is 0.179 e. The third-order valence-electron chi connectivity index (χ3n) is 8.18. The highest BCUT2D eigenvalue weighted by Crippen LogP contribution is 2.48. The van der Waals surface area contributed by atoms with Crippen LogP contribution < -0.4 is 15.0 Å². The van der Waals surface area contributed by atoms with Crippen molar-refractivity contribution in [2.24, 2.45) is 9.98 Å². The summed E-state index contributed by atoms with van der Waals surface area (Å²) >= 11 is 0. The number of para-hydroxylation sites is 3. The monoisotopic (exact) mass is 580 g/mol. The minimum Gasteiger partial charge on any atom is -0.494 e. The number of ether oxygens (including phenoxy) is 1. The molecule has 0 amide bonds. The van der Waals surface area contributed by atoms with Crippen LogP contribution in [-0.4, -0.2) is 28.1 Å². The van der Waals surface area contributed by atoms with Gasteiger partial charge < -0.3 is 15.0 Å². The molecule has 4 aromatic carbocycles. The Bertz CT molecular complexity index is 1840. The van der Waals surface area contributed by atoms with Crippen molar-refractivity contribution in [3.8, 4) is 11.4 Å². The highest BCUT2D eigenvalue weighted by Gasteiger charge is 2.41. The number of amidine groups is 2. The van der Waals surface area contributed by atoms with Crippen molar-refractivity contribution in [2.75, 3.05) is 16.8 Å². The molecule has 2 aliphatic rings. The van der Waals surface area contributed by atoms with Gasteiger partial charge in [0.25, 0.3) is 0 Å². The Labute approximate surface area is 258 Å². The number of rotatable bonds is 8. The van der Waals surface area contributed by atoms with Crippen molar-refractivity contribution >= 4 is 34.6 Å². The molecule has 1 N–H and O–H groups in total. The summed E-state index contributed by atoms with van der Waals surface area (Å²) in [5.74, 6) is 3.11. The predicted octanol–water partition coefficient (Wildman–Crippen LogP) is 8.72. The number of fused-ring (bicyclic) bond motifs is 4. The third-order valence-corrected chi connectivity index (χ3v) is 8.18. The Hall–Kier alpha value is -5.17. The van der Waals surface area contributed by atoms with E-state index in [4.69, 9.17) is 19.8 Å². The Morgan fingerprint density at radius 3 is 2.32 bits per heavy atom. The van der Waals surface area contributed by atoms with Gasteiger partial charge in [-0.2, -0.15) is 5.10 Å². The van der Waals surface area contributed by atoms with Crippen molar-refractivity contribution in [1.82, 2.24) is 9.78 Å². The standard InChI is InChI=1S/C37H36N6O/c1-4-6-12-26-17-21-28(22-18-26)38-35-37-40-36-33(25(3)41-43(36)29-13-8-7-9-14-29)34(27-19-23-30(24-20-27)44-5-2)42(37)32-16-11-10-15-31(32)39-35/h7-11,13-24,34H,4-6,12H2,1-3H3,(H,38,39)/t34-/m0/s1. The molecule has 0 unspecified atom stereocenters. The second kappa shape index (κ2) is 11.8. The van der Waals surface area contributed by atoms with Crippen molar-refractivity contribution in [3.05, 3.63) is 126 Å². The first-order valence-corrected chi connectivity index (χ1v) is 15.4. The summed E-state index contributed by atoms with van der Waals surface area (Å²) in [4.78, 5) is 12.8. The molecular formula is C37H36N6O. The molecule has 3 heterocycles. The molecule has 2 aliphatic heterocycles. The van der Waals surface area contributed by atoms with Gasteiger partial charge in [0.1, 0.15) is 5.75 Å². The second-order valence-electron chi connectivity index (χ2n) is 11.2. The number of nitrogens with zero attached hydrogens (tertiary/aromatic N) is 5. The molecule has 0 aliphatic carbocycles. The molecule has 0 radical (unpaired) electrons. The van der Waals surface area contributed by atoms with Gasteiger partial charge in [0.05, 0.1) is 35.4 Å². The number of unbranched alkanes of at least 4 members (excludes halogenated alkanes) is 1. The highest BCUT2D eigenvalue weighted by molar-refractivity contribution is 6.51. The molecule has 7 nitrogen and oxygen atoms in total. The van der Waals surface area contributed by atoms with Gasteiger partial charge in [-0.15, -0.1) is 0 Å². The van der Waals surface area contributed by atoms with Gasteiger partial charge in [-0.1, -0.05) is 67.9 Å². The SMILES string of the molecule is CCCCc1ccc(NC2=Nc3ccccc3N3C2=Nc2c(c(C)nn2-c2ccccc2)[C@@H]3c2ccc(OCC)cc2)cc1. The zero-order chi connectivity index (χ0) is 30.0. The van der Waals surface area contributed by atoms with E-state index in [2.05, 4.69) is 90.8 Å². The minimum absolute atomic E-state index is 0.185. The fraction of sp³-hybridized carbons (Fsp3) is 0.216. The van der Waals surface area contributed by atoms with Gasteiger partial charge >= 0.3 is 0 Å². The Kier molecular flexibility index (Phi) is 7.44. The summed E-state index contributed by atoms with van der Waals surface area (Å²) in [5.41, 5.74) is 8.29. The summed E-state index contributed by atoms with van der Waals surface area (Å²) in [5, 5.41) is 8.67. The summed E-state index contributed by atoms with van der Waals surface area (Å²) in [6.07, 6.45) is 3.45. The van der Waals surface area contributed by atoms with E-state index in [1.165, 1.54) is 18.4 Å². The minimum atomic E-state index is -0.185. The summed E-state index contributed by atoms with van der Waals surface area (Å²) in [6.45, 7) is 6.92. The molecule has 1 atom stereocenters. The van der Waals surface area contributed by atoms with E-state index < -0.39 is 0 Å². The molecule has 0 bridgehead atoms. The predicted molar refractivity (Wildman–Crippen MR) is 180 cm³/mol. The first-order chi connectivity index (χ1) is 21.6. The second-order valence-corrected chi connectivity index (χ2v) is 11.2. The Balaban J connectivity index is 1.40. The number of hydrogen-bond donors (Lipinski definition) is 1. The van der Waals surface area contributed by atoms with Crippen molar-refractivity contribution in [3.63, 3.8) is 0 Å². The summed E-state index contributed by atoms with van der Waals surface area (Å²) in [7, 11) is 0. The van der Waals surface area contributed by atoms with Crippen LogP contribution in [0.2, 0.25) is 0 Å². The van der Waals surface area contributed by atoms with E-state index in [0.717, 1.165) is 63.4 Å². The van der Waals surface area contributed by atoms with E-state index in [-0.39, 0.29) is 6.04 Å². The Morgan fingerprint density at radius 2 is 1.57 bits per heavy atom. The lowest BCUT2D eigenvalue weighted by Crippen LogP contribution is -2.46. The van der Waals surface area contributed by atoms with Gasteiger partial charge in [-0.05, 0) is 86.3 Å². The highest BCUT2D eigenvalue weighted by atomic mass is 16.5. The van der Waals surface area contributed by atoms with Crippen LogP contribution in [0, 0.1) is 6.92 Å². The lowest BCUT2D eigenvalue weighted by atomic mass is 9.93. The van der Waals surface area contributed by atoms with E-state index >= 15 is 0 Å². The molecule has 0 spiro atoms. The van der Waals surface area contributed by atoms with Gasteiger partial charge in [0, 0.05) is 11.3 Å². The number of nitrogens with one attached hydrogen (secondary N) is 1. The molecule has 44 heavy (non-hydrogen) atoms. The maximum absolute atomic E-state index is 5.80. The first-order valence-electron chi connectivity index (χ1n) is 15.4. The van der Waals surface area contributed by atoms with Crippen LogP contribution in [0.1, 0.15) is 55.1 Å². The van der Waals surface area contributed by atoms with Gasteiger partial charge in [-0.3, -0.25) is 0 Å². The molecule has 0 fully saturated rings. The summed E-state index contributed by atoms with van der Waals surface area (Å²) < 4.78 is 7.75. The topological polar surface area (TPSA) is 67.0 Å². The van der Waals surface area contributed by atoms with Gasteiger partial charge in [0.2, 0.25) is 0 Å². The van der Waals surface area contributed by atoms with Crippen molar-refractivity contribution < 1.29 is 4.74 Å². The number of aryl methyl sites for hydroxylation is 2. The lowest BCUT2D eigenvalue weighted by Gasteiger charge is -2.40. The normalized spacial score (nSPS) is 15.1. The van der Waals surface area contributed by atoms with Gasteiger partial charge in [-0.25, -0.2) is 14.7 Å². The largest absolute Gasteiger partial charge is 0.494 e. The van der Waals surface area contributed by atoms with Crippen LogP contribution in [0.15, 0.2) is 113 Å². The number of aromatic nitrogens is 2. The summed E-state index contributed by atoms with van der Waals surface area (Å²) in [6, 6.07) is 35.4. The number of anilines is 2. The van der Waals surface area contributed by atoms with E-state index in [1.54, 1.807) is 0 Å². The molecule has 7 heteroatoms. The van der Waals surface area contributed by atoms with Crippen LogP contribution in [0.4, 0.5) is 22.9 Å². The lowest BCUT2D eigenvalue weighted by molar-refractivity contribution is 0.340. The van der Waals surface area contributed by atoms with Crippen LogP contribution >= 0.6 is 0 Å². The average molecular weight is 581 g/mol. The molecule has 220 valence electrons. The zero-order valence-corrected chi connectivity index (χ0v) is 25.4. The van der Waals surface area contributed by atoms with E-state index in [0.29, 0.717) is 12.4 Å². The van der Waals surface area contributed by atoms with Gasteiger partial charge in [0.15, 0.2) is 17.5 Å². The quantitative estimate of drug-likeness (QED) is 0.199. The molecule has 0 saturated heterocycles. The average Bonchev–Trinajstić information content (AvgIpc) is 3.40. The maximum atomic E-state index is 5.80. The molecule has 0 saturated carbocycles. The fourth-order valence-corrected chi connectivity index (χ4v) is 6.05. The number of benzene rings is 4. The third kappa shape index (κ3) is 5.04.